The largest absolute Gasteiger partial charge is 0.573 e. The van der Waals surface area contributed by atoms with Crippen LogP contribution in [0, 0.1) is 0 Å². The maximum Gasteiger partial charge on any atom is 0.573 e. The number of alkyl halides is 3. The highest BCUT2D eigenvalue weighted by Crippen LogP contribution is 2.29. The molecule has 1 N–H and O–H groups in total. The van der Waals surface area contributed by atoms with Gasteiger partial charge in [-0.1, -0.05) is 18.2 Å². The summed E-state index contributed by atoms with van der Waals surface area (Å²) in [6.07, 6.45) is -2.19. The quantitative estimate of drug-likeness (QED) is 0.886. The van der Waals surface area contributed by atoms with Gasteiger partial charge in [0.15, 0.2) is 0 Å². The van der Waals surface area contributed by atoms with Gasteiger partial charge in [0.25, 0.3) is 0 Å². The van der Waals surface area contributed by atoms with Gasteiger partial charge in [-0.15, -0.1) is 18.3 Å². The second-order valence-corrected chi connectivity index (χ2v) is 6.48. The monoisotopic (exact) mass is 373 g/mol. The highest BCUT2D eigenvalue weighted by Gasteiger charge is 2.31. The number of amides is 1. The first-order chi connectivity index (χ1) is 11.9. The molecular weight excluding hydrogens is 359 g/mol. The molecule has 1 amide bonds. The number of carbonyl (C=O) groups is 1. The zero-order valence-electron chi connectivity index (χ0n) is 12.9. The Kier molecular flexibility index (Phi) is 5.11. The Morgan fingerprint density at radius 3 is 2.72 bits per heavy atom. The first-order valence-electron chi connectivity index (χ1n) is 7.51. The Morgan fingerprint density at radius 2 is 2.00 bits per heavy atom. The lowest BCUT2D eigenvalue weighted by Crippen LogP contribution is -2.30. The van der Waals surface area contributed by atoms with Crippen LogP contribution in [0.25, 0.3) is 5.69 Å². The summed E-state index contributed by atoms with van der Waals surface area (Å²) in [5, 5.41) is 14.3. The van der Waals surface area contributed by atoms with Crippen molar-refractivity contribution >= 4 is 17.7 Å². The lowest BCUT2D eigenvalue weighted by Gasteiger charge is -2.12. The molecule has 1 atom stereocenters. The van der Waals surface area contributed by atoms with Crippen LogP contribution < -0.4 is 10.1 Å². The highest BCUT2D eigenvalue weighted by molar-refractivity contribution is 8.00. The van der Waals surface area contributed by atoms with E-state index in [4.69, 9.17) is 0 Å². The zero-order valence-corrected chi connectivity index (χ0v) is 13.7. The summed E-state index contributed by atoms with van der Waals surface area (Å²) in [5.41, 5.74) is 0.469. The van der Waals surface area contributed by atoms with E-state index < -0.39 is 6.36 Å². The van der Waals surface area contributed by atoms with Crippen LogP contribution in [0.3, 0.4) is 0 Å². The van der Waals surface area contributed by atoms with Gasteiger partial charge in [0.2, 0.25) is 11.1 Å². The number of halogens is 3. The fraction of sp³-hybridized carbons (Fsp3) is 0.429. The van der Waals surface area contributed by atoms with Crippen molar-refractivity contribution in [2.24, 2.45) is 0 Å². The van der Waals surface area contributed by atoms with Crippen molar-refractivity contribution < 1.29 is 22.7 Å². The number of nitrogens with zero attached hydrogens (tertiary/aromatic N) is 4. The third kappa shape index (κ3) is 4.62. The number of hydrogen-bond acceptors (Lipinski definition) is 6. The van der Waals surface area contributed by atoms with Crippen molar-refractivity contribution in [1.82, 2.24) is 25.5 Å². The average Bonchev–Trinajstić information content (AvgIpc) is 2.91. The van der Waals surface area contributed by atoms with Crippen LogP contribution >= 0.6 is 11.8 Å². The minimum atomic E-state index is -4.75. The topological polar surface area (TPSA) is 81.9 Å². The third-order valence-electron chi connectivity index (χ3n) is 3.49. The van der Waals surface area contributed by atoms with Crippen molar-refractivity contribution in [3.05, 3.63) is 24.3 Å². The predicted molar refractivity (Wildman–Crippen MR) is 82.3 cm³/mol. The molecule has 0 aliphatic carbocycles. The molecule has 7 nitrogen and oxygen atoms in total. The summed E-state index contributed by atoms with van der Waals surface area (Å²) in [4.78, 5) is 12.0. The number of tetrazole rings is 1. The van der Waals surface area contributed by atoms with Crippen LogP contribution in [0.5, 0.6) is 5.75 Å². The summed E-state index contributed by atoms with van der Waals surface area (Å²) in [6.45, 7) is 0.654. The van der Waals surface area contributed by atoms with Crippen LogP contribution in [0.4, 0.5) is 13.2 Å². The molecule has 11 heteroatoms. The number of hydrogen-bond donors (Lipinski definition) is 1. The molecule has 1 unspecified atom stereocenters. The molecule has 2 heterocycles. The van der Waals surface area contributed by atoms with Gasteiger partial charge >= 0.3 is 6.36 Å². The maximum absolute atomic E-state index is 12.2. The molecule has 0 saturated carbocycles. The fourth-order valence-corrected chi connectivity index (χ4v) is 3.41. The number of carbonyl (C=O) groups excluding carboxylic acids is 1. The van der Waals surface area contributed by atoms with Crippen molar-refractivity contribution in [2.45, 2.75) is 36.0 Å². The van der Waals surface area contributed by atoms with Gasteiger partial charge in [0, 0.05) is 6.54 Å². The number of ether oxygens (including phenoxy) is 1. The number of nitrogens with one attached hydrogen (secondary N) is 1. The summed E-state index contributed by atoms with van der Waals surface area (Å²) < 4.78 is 41.8. The molecule has 1 aliphatic heterocycles. The molecule has 0 bridgehead atoms. The van der Waals surface area contributed by atoms with E-state index in [1.807, 2.05) is 0 Å². The van der Waals surface area contributed by atoms with Gasteiger partial charge in [-0.3, -0.25) is 4.79 Å². The number of rotatable bonds is 4. The van der Waals surface area contributed by atoms with Crippen LogP contribution in [0.2, 0.25) is 0 Å². The minimum absolute atomic E-state index is 0.0639. The maximum atomic E-state index is 12.2. The Labute approximate surface area is 144 Å². The number of aromatic nitrogens is 4. The molecule has 1 saturated heterocycles. The Balaban J connectivity index is 1.76. The normalized spacial score (nSPS) is 18.5. The molecule has 25 heavy (non-hydrogen) atoms. The number of thioether (sulfide) groups is 1. The predicted octanol–water partition coefficient (Wildman–Crippen LogP) is 2.32. The first-order valence-corrected chi connectivity index (χ1v) is 8.39. The minimum Gasteiger partial charge on any atom is -0.406 e. The SMILES string of the molecule is O=C1NCCCCC1Sc1nnnn1-c1ccc(OC(F)(F)F)cc1. The van der Waals surface area contributed by atoms with E-state index >= 15 is 0 Å². The Bertz CT molecular complexity index is 735. The van der Waals surface area contributed by atoms with E-state index in [2.05, 4.69) is 25.6 Å². The van der Waals surface area contributed by atoms with E-state index in [-0.39, 0.29) is 16.9 Å². The van der Waals surface area contributed by atoms with E-state index in [1.165, 1.54) is 40.7 Å². The summed E-state index contributed by atoms with van der Waals surface area (Å²) >= 11 is 1.23. The average molecular weight is 373 g/mol. The summed E-state index contributed by atoms with van der Waals surface area (Å²) in [6, 6.07) is 5.18. The van der Waals surface area contributed by atoms with E-state index in [9.17, 15) is 18.0 Å². The van der Waals surface area contributed by atoms with E-state index in [0.29, 0.717) is 23.8 Å². The summed E-state index contributed by atoms with van der Waals surface area (Å²) in [7, 11) is 0. The molecule has 2 aromatic rings. The van der Waals surface area contributed by atoms with Crippen molar-refractivity contribution in [3.8, 4) is 11.4 Å². The first kappa shape index (κ1) is 17.5. The Morgan fingerprint density at radius 1 is 1.24 bits per heavy atom. The van der Waals surface area contributed by atoms with E-state index in [1.54, 1.807) is 0 Å². The van der Waals surface area contributed by atoms with Crippen molar-refractivity contribution in [3.63, 3.8) is 0 Å². The molecule has 1 aromatic heterocycles. The van der Waals surface area contributed by atoms with Crippen LogP contribution in [0.15, 0.2) is 29.4 Å². The van der Waals surface area contributed by atoms with Gasteiger partial charge in [-0.2, -0.15) is 4.68 Å². The second kappa shape index (κ2) is 7.30. The Hall–Kier alpha value is -2.30. The van der Waals surface area contributed by atoms with Gasteiger partial charge in [-0.25, -0.2) is 0 Å². The molecule has 1 aliphatic rings. The zero-order chi connectivity index (χ0) is 17.9. The molecule has 1 fully saturated rings. The molecule has 0 spiro atoms. The van der Waals surface area contributed by atoms with Gasteiger partial charge in [0.1, 0.15) is 5.75 Å². The standard InChI is InChI=1S/C14H14F3N5O2S/c15-14(16,17)24-10-6-4-9(5-7-10)22-13(19-20-21-22)25-11-3-1-2-8-18-12(11)23/h4-7,11H,1-3,8H2,(H,18,23). The fourth-order valence-electron chi connectivity index (χ4n) is 2.35. The second-order valence-electron chi connectivity index (χ2n) is 5.31. The lowest BCUT2D eigenvalue weighted by molar-refractivity contribution is -0.274. The molecule has 3 rings (SSSR count). The highest BCUT2D eigenvalue weighted by atomic mass is 32.2. The van der Waals surface area contributed by atoms with Crippen molar-refractivity contribution in [1.29, 1.82) is 0 Å². The van der Waals surface area contributed by atoms with Gasteiger partial charge in [-0.05, 0) is 47.5 Å². The number of benzene rings is 1. The van der Waals surface area contributed by atoms with Crippen LogP contribution in [-0.2, 0) is 4.79 Å². The molecule has 134 valence electrons. The van der Waals surface area contributed by atoms with Crippen LogP contribution in [0.1, 0.15) is 19.3 Å². The third-order valence-corrected chi connectivity index (χ3v) is 4.69. The molecule has 1 aromatic carbocycles. The lowest BCUT2D eigenvalue weighted by atomic mass is 10.2. The van der Waals surface area contributed by atoms with Crippen LogP contribution in [-0.4, -0.2) is 44.3 Å². The molecule has 0 radical (unpaired) electrons. The van der Waals surface area contributed by atoms with Crippen molar-refractivity contribution in [2.75, 3.05) is 6.54 Å². The molecular formula is C14H14F3N5O2S. The smallest absolute Gasteiger partial charge is 0.406 e. The summed E-state index contributed by atoms with van der Waals surface area (Å²) in [5.74, 6) is -0.396. The van der Waals surface area contributed by atoms with E-state index in [0.717, 1.165) is 12.8 Å². The van der Waals surface area contributed by atoms with Gasteiger partial charge in [0.05, 0.1) is 10.9 Å². The van der Waals surface area contributed by atoms with Gasteiger partial charge < -0.3 is 10.1 Å².